The molecule has 0 saturated heterocycles. The third kappa shape index (κ3) is 7.75. The summed E-state index contributed by atoms with van der Waals surface area (Å²) in [5.41, 5.74) is 8.06. The molecule has 29 heavy (non-hydrogen) atoms. The number of benzene rings is 2. The number of rotatable bonds is 6. The molecule has 2 rings (SSSR count). The van der Waals surface area contributed by atoms with Gasteiger partial charge in [-0.25, -0.2) is 0 Å². The Morgan fingerprint density at radius 2 is 1.59 bits per heavy atom. The monoisotopic (exact) mass is 410 g/mol. The van der Waals surface area contributed by atoms with E-state index in [4.69, 9.17) is 12.2 Å². The number of amides is 2. The van der Waals surface area contributed by atoms with Gasteiger partial charge in [-0.15, -0.1) is 0 Å². The van der Waals surface area contributed by atoms with Crippen molar-refractivity contribution in [1.29, 1.82) is 0 Å². The lowest BCUT2D eigenvalue weighted by Crippen LogP contribution is -2.51. The first-order valence-corrected chi connectivity index (χ1v) is 9.76. The molecule has 4 N–H and O–H groups in total. The van der Waals surface area contributed by atoms with E-state index in [0.29, 0.717) is 5.92 Å². The number of carbonyl (C=O) groups excluding carboxylic acids is 2. The zero-order valence-corrected chi connectivity index (χ0v) is 17.5. The van der Waals surface area contributed by atoms with Gasteiger partial charge < -0.3 is 10.6 Å². The minimum atomic E-state index is -0.733. The van der Waals surface area contributed by atoms with Gasteiger partial charge in [0.25, 0.3) is 5.91 Å². The Bertz CT molecular complexity index is 864. The van der Waals surface area contributed by atoms with Crippen LogP contribution in [0, 0.1) is 0 Å². The van der Waals surface area contributed by atoms with Crippen molar-refractivity contribution in [2.24, 2.45) is 0 Å². The predicted molar refractivity (Wildman–Crippen MR) is 121 cm³/mol. The third-order valence-electron chi connectivity index (χ3n) is 4.11. The Kier molecular flexibility index (Phi) is 8.36. The lowest BCUT2D eigenvalue weighted by Gasteiger charge is -2.16. The van der Waals surface area contributed by atoms with Crippen molar-refractivity contribution in [3.8, 4) is 0 Å². The number of anilines is 1. The van der Waals surface area contributed by atoms with Gasteiger partial charge in [0.1, 0.15) is 6.04 Å². The second-order valence-corrected chi connectivity index (χ2v) is 7.23. The van der Waals surface area contributed by atoms with E-state index in [9.17, 15) is 9.59 Å². The Labute approximate surface area is 176 Å². The van der Waals surface area contributed by atoms with E-state index in [1.165, 1.54) is 11.6 Å². The van der Waals surface area contributed by atoms with Crippen molar-refractivity contribution < 1.29 is 9.59 Å². The van der Waals surface area contributed by atoms with Crippen LogP contribution in [0.5, 0.6) is 0 Å². The maximum absolute atomic E-state index is 12.1. The van der Waals surface area contributed by atoms with Gasteiger partial charge in [0.15, 0.2) is 5.11 Å². The number of carbonyl (C=O) groups is 2. The number of hydrazine groups is 1. The van der Waals surface area contributed by atoms with Crippen LogP contribution < -0.4 is 21.5 Å². The van der Waals surface area contributed by atoms with E-state index in [2.05, 4.69) is 35.3 Å². The van der Waals surface area contributed by atoms with E-state index >= 15 is 0 Å². The molecule has 0 aliphatic carbocycles. The van der Waals surface area contributed by atoms with Crippen molar-refractivity contribution in [2.45, 2.75) is 32.7 Å². The molecule has 0 aliphatic rings. The van der Waals surface area contributed by atoms with E-state index in [1.807, 2.05) is 54.6 Å². The average molecular weight is 411 g/mol. The maximum atomic E-state index is 12.1. The third-order valence-corrected chi connectivity index (χ3v) is 4.32. The van der Waals surface area contributed by atoms with Gasteiger partial charge in [0, 0.05) is 11.8 Å². The average Bonchev–Trinajstić information content (AvgIpc) is 2.71. The molecule has 0 unspecified atom stereocenters. The molecule has 152 valence electrons. The van der Waals surface area contributed by atoms with Crippen LogP contribution in [0.25, 0.3) is 6.08 Å². The van der Waals surface area contributed by atoms with Crippen LogP contribution in [0.4, 0.5) is 5.69 Å². The molecule has 0 aliphatic heterocycles. The summed E-state index contributed by atoms with van der Waals surface area (Å²) < 4.78 is 0. The van der Waals surface area contributed by atoms with Gasteiger partial charge in [0.05, 0.1) is 0 Å². The fourth-order valence-electron chi connectivity index (χ4n) is 2.40. The Hall–Kier alpha value is -3.19. The summed E-state index contributed by atoms with van der Waals surface area (Å²) in [6, 6.07) is 16.6. The highest BCUT2D eigenvalue weighted by Gasteiger charge is 2.14. The fraction of sp³-hybridized carbons (Fsp3) is 0.227. The topological polar surface area (TPSA) is 82.3 Å². The second-order valence-electron chi connectivity index (χ2n) is 6.82. The van der Waals surface area contributed by atoms with Crippen LogP contribution in [0.3, 0.4) is 0 Å². The van der Waals surface area contributed by atoms with Crippen molar-refractivity contribution in [1.82, 2.24) is 16.2 Å². The number of hydrogen-bond donors (Lipinski definition) is 4. The van der Waals surface area contributed by atoms with Crippen LogP contribution >= 0.6 is 12.2 Å². The Morgan fingerprint density at radius 3 is 2.21 bits per heavy atom. The lowest BCUT2D eigenvalue weighted by molar-refractivity contribution is -0.127. The number of nitrogens with one attached hydrogen (secondary N) is 4. The SMILES string of the molecule is CC(C)c1ccc(NC(=S)NNC(=O)[C@H](C)NC(=O)/C=C/c2ccccc2)cc1. The smallest absolute Gasteiger partial charge is 0.260 e. The Morgan fingerprint density at radius 1 is 0.931 bits per heavy atom. The molecule has 0 fully saturated rings. The first kappa shape index (κ1) is 22.1. The number of thiocarbonyl (C=S) groups is 1. The molecule has 7 heteroatoms. The fourth-order valence-corrected chi connectivity index (χ4v) is 2.57. The molecule has 2 amide bonds. The van der Waals surface area contributed by atoms with Gasteiger partial charge in [-0.2, -0.15) is 0 Å². The summed E-state index contributed by atoms with van der Waals surface area (Å²) in [6.07, 6.45) is 3.07. The first-order chi connectivity index (χ1) is 13.8. The molecule has 0 bridgehead atoms. The Balaban J connectivity index is 1.75. The molecule has 6 nitrogen and oxygen atoms in total. The van der Waals surface area contributed by atoms with Crippen LogP contribution in [0.15, 0.2) is 60.7 Å². The first-order valence-electron chi connectivity index (χ1n) is 9.35. The minimum absolute atomic E-state index is 0.248. The number of hydrogen-bond acceptors (Lipinski definition) is 3. The van der Waals surface area contributed by atoms with Gasteiger partial charge in [-0.3, -0.25) is 20.4 Å². The molecule has 2 aromatic rings. The highest BCUT2D eigenvalue weighted by molar-refractivity contribution is 7.80. The highest BCUT2D eigenvalue weighted by Crippen LogP contribution is 2.16. The van der Waals surface area contributed by atoms with E-state index in [-0.39, 0.29) is 11.0 Å². The van der Waals surface area contributed by atoms with Crippen LogP contribution in [0.2, 0.25) is 0 Å². The summed E-state index contributed by atoms with van der Waals surface area (Å²) in [4.78, 5) is 24.1. The molecule has 0 aromatic heterocycles. The van der Waals surface area contributed by atoms with Gasteiger partial charge in [0.2, 0.25) is 5.91 Å². The quantitative estimate of drug-likeness (QED) is 0.334. The summed E-state index contributed by atoms with van der Waals surface area (Å²) in [5, 5.41) is 5.84. The summed E-state index contributed by atoms with van der Waals surface area (Å²) in [6.45, 7) is 5.84. The van der Waals surface area contributed by atoms with Crippen LogP contribution in [-0.2, 0) is 9.59 Å². The predicted octanol–water partition coefficient (Wildman–Crippen LogP) is 3.35. The molecular formula is C22H26N4O2S. The molecular weight excluding hydrogens is 384 g/mol. The molecule has 0 heterocycles. The minimum Gasteiger partial charge on any atom is -0.341 e. The summed E-state index contributed by atoms with van der Waals surface area (Å²) in [5.74, 6) is -0.319. The van der Waals surface area contributed by atoms with E-state index < -0.39 is 11.9 Å². The molecule has 0 radical (unpaired) electrons. The zero-order chi connectivity index (χ0) is 21.2. The van der Waals surface area contributed by atoms with Gasteiger partial charge in [-0.1, -0.05) is 56.3 Å². The largest absolute Gasteiger partial charge is 0.341 e. The van der Waals surface area contributed by atoms with Gasteiger partial charge in [-0.05, 0) is 54.4 Å². The van der Waals surface area contributed by atoms with Crippen molar-refractivity contribution in [2.75, 3.05) is 5.32 Å². The standard InChI is InChI=1S/C22H26N4O2S/c1-15(2)18-10-12-19(13-11-18)24-22(29)26-25-21(28)16(3)23-20(27)14-9-17-7-5-4-6-8-17/h4-16H,1-3H3,(H,23,27)(H,25,28)(H2,24,26,29)/b14-9+/t16-/m0/s1. The van der Waals surface area contributed by atoms with Crippen LogP contribution in [0.1, 0.15) is 37.8 Å². The van der Waals surface area contributed by atoms with Crippen molar-refractivity contribution >= 4 is 40.9 Å². The molecule has 0 spiro atoms. The van der Waals surface area contributed by atoms with E-state index in [0.717, 1.165) is 11.3 Å². The zero-order valence-electron chi connectivity index (χ0n) is 16.7. The molecule has 1 atom stereocenters. The summed E-state index contributed by atoms with van der Waals surface area (Å²) in [7, 11) is 0. The summed E-state index contributed by atoms with van der Waals surface area (Å²) >= 11 is 5.17. The van der Waals surface area contributed by atoms with Crippen molar-refractivity contribution in [3.05, 3.63) is 71.8 Å². The lowest BCUT2D eigenvalue weighted by atomic mass is 10.0. The molecule has 2 aromatic carbocycles. The normalized spacial score (nSPS) is 11.7. The van der Waals surface area contributed by atoms with Gasteiger partial charge >= 0.3 is 0 Å². The second kappa shape index (κ2) is 11.0. The van der Waals surface area contributed by atoms with E-state index in [1.54, 1.807) is 13.0 Å². The molecule has 0 saturated carbocycles. The maximum Gasteiger partial charge on any atom is 0.260 e. The van der Waals surface area contributed by atoms with Crippen molar-refractivity contribution in [3.63, 3.8) is 0 Å². The van der Waals surface area contributed by atoms with Crippen LogP contribution in [-0.4, -0.2) is 23.0 Å². The highest BCUT2D eigenvalue weighted by atomic mass is 32.1.